The number of nitrogens with two attached hydrogens (primary N) is 1. The van der Waals surface area contributed by atoms with Crippen molar-refractivity contribution in [1.29, 1.82) is 0 Å². The average molecular weight is 418 g/mol. The van der Waals surface area contributed by atoms with Crippen LogP contribution in [0, 0.1) is 6.92 Å². The molecule has 0 radical (unpaired) electrons. The molecule has 5 nitrogen and oxygen atoms in total. The summed E-state index contributed by atoms with van der Waals surface area (Å²) in [5, 5.41) is 5.92. The van der Waals surface area contributed by atoms with E-state index in [4.69, 9.17) is 5.73 Å². The normalized spacial score (nSPS) is 11.9. The molecule has 0 spiro atoms. The first-order valence-corrected chi connectivity index (χ1v) is 9.85. The smallest absolute Gasteiger partial charge is 0.251 e. The Balaban J connectivity index is 0.00000420. The molecular formula is C23H32ClN3O2. The number of halogens is 1. The zero-order valence-electron chi connectivity index (χ0n) is 17.4. The summed E-state index contributed by atoms with van der Waals surface area (Å²) >= 11 is 0. The van der Waals surface area contributed by atoms with Gasteiger partial charge < -0.3 is 16.4 Å². The van der Waals surface area contributed by atoms with E-state index in [9.17, 15) is 9.59 Å². The number of hydrogen-bond acceptors (Lipinski definition) is 3. The minimum absolute atomic E-state index is 0. The van der Waals surface area contributed by atoms with Gasteiger partial charge in [-0.15, -0.1) is 12.4 Å². The number of carbonyl (C=O) groups excluding carboxylic acids is 2. The van der Waals surface area contributed by atoms with E-state index >= 15 is 0 Å². The van der Waals surface area contributed by atoms with Crippen LogP contribution < -0.4 is 16.4 Å². The fraction of sp³-hybridized carbons (Fsp3) is 0.391. The van der Waals surface area contributed by atoms with Crippen molar-refractivity contribution in [2.75, 3.05) is 6.54 Å². The molecule has 158 valence electrons. The van der Waals surface area contributed by atoms with Gasteiger partial charge in [0.15, 0.2) is 0 Å². The van der Waals surface area contributed by atoms with Crippen LogP contribution in [0.1, 0.15) is 60.6 Å². The van der Waals surface area contributed by atoms with Crippen LogP contribution in [-0.2, 0) is 4.79 Å². The number of benzene rings is 2. The second-order valence-electron chi connectivity index (χ2n) is 7.35. The van der Waals surface area contributed by atoms with Crippen molar-refractivity contribution in [2.24, 2.45) is 5.73 Å². The second-order valence-corrected chi connectivity index (χ2v) is 7.35. The molecule has 2 rings (SSSR count). The molecule has 2 aromatic carbocycles. The Morgan fingerprint density at radius 3 is 2.14 bits per heavy atom. The van der Waals surface area contributed by atoms with E-state index in [1.165, 1.54) is 0 Å². The molecule has 29 heavy (non-hydrogen) atoms. The van der Waals surface area contributed by atoms with Gasteiger partial charge in [-0.1, -0.05) is 61.9 Å². The Labute approximate surface area is 179 Å². The standard InChI is InChI=1S/C23H31N3O2.ClH/c1-4-23(24,5-2)16-25-21(27)15-20(18-9-7-6-8-10-18)26-22(28)19-13-11-17(3)12-14-19;/h6-14,20H,4-5,15-16,24H2,1-3H3,(H,25,27)(H,26,28);1H. The van der Waals surface area contributed by atoms with E-state index in [0.29, 0.717) is 12.1 Å². The monoisotopic (exact) mass is 417 g/mol. The second kappa shape index (κ2) is 11.6. The van der Waals surface area contributed by atoms with Gasteiger partial charge in [0, 0.05) is 17.6 Å². The van der Waals surface area contributed by atoms with Crippen LogP contribution >= 0.6 is 12.4 Å². The van der Waals surface area contributed by atoms with Crippen molar-refractivity contribution >= 4 is 24.2 Å². The van der Waals surface area contributed by atoms with Gasteiger partial charge >= 0.3 is 0 Å². The molecule has 0 bridgehead atoms. The predicted octanol–water partition coefficient (Wildman–Crippen LogP) is 3.91. The summed E-state index contributed by atoms with van der Waals surface area (Å²) in [5.41, 5.74) is 8.43. The molecule has 6 heteroatoms. The molecule has 0 aromatic heterocycles. The van der Waals surface area contributed by atoms with Crippen LogP contribution in [0.5, 0.6) is 0 Å². The Kier molecular flexibility index (Phi) is 9.86. The molecule has 1 unspecified atom stereocenters. The van der Waals surface area contributed by atoms with Crippen LogP contribution in [0.3, 0.4) is 0 Å². The molecule has 0 heterocycles. The SMILES string of the molecule is CCC(N)(CC)CNC(=O)CC(NC(=O)c1ccc(C)cc1)c1ccccc1.Cl. The summed E-state index contributed by atoms with van der Waals surface area (Å²) in [6, 6.07) is 16.5. The van der Waals surface area contributed by atoms with Gasteiger partial charge in [0.05, 0.1) is 12.5 Å². The highest BCUT2D eigenvalue weighted by Gasteiger charge is 2.23. The summed E-state index contributed by atoms with van der Waals surface area (Å²) in [4.78, 5) is 25.2. The van der Waals surface area contributed by atoms with Crippen LogP contribution in [0.25, 0.3) is 0 Å². The molecule has 0 aliphatic rings. The molecule has 4 N–H and O–H groups in total. The fourth-order valence-electron chi connectivity index (χ4n) is 2.92. The molecule has 0 saturated carbocycles. The Bertz CT molecular complexity index is 774. The number of carbonyl (C=O) groups is 2. The first-order chi connectivity index (χ1) is 13.4. The lowest BCUT2D eigenvalue weighted by Gasteiger charge is -2.27. The van der Waals surface area contributed by atoms with Crippen molar-refractivity contribution < 1.29 is 9.59 Å². The molecule has 2 aromatic rings. The van der Waals surface area contributed by atoms with E-state index < -0.39 is 11.6 Å². The summed E-state index contributed by atoms with van der Waals surface area (Å²) in [6.45, 7) is 6.43. The zero-order chi connectivity index (χ0) is 20.6. The van der Waals surface area contributed by atoms with E-state index in [-0.39, 0.29) is 30.6 Å². The van der Waals surface area contributed by atoms with Crippen molar-refractivity contribution in [3.8, 4) is 0 Å². The van der Waals surface area contributed by atoms with Crippen molar-refractivity contribution in [2.45, 2.75) is 51.6 Å². The van der Waals surface area contributed by atoms with Gasteiger partial charge in [-0.2, -0.15) is 0 Å². The van der Waals surface area contributed by atoms with Gasteiger partial charge in [-0.25, -0.2) is 0 Å². The number of nitrogens with one attached hydrogen (secondary N) is 2. The zero-order valence-corrected chi connectivity index (χ0v) is 18.2. The largest absolute Gasteiger partial charge is 0.354 e. The molecule has 0 saturated heterocycles. The molecule has 0 aliphatic carbocycles. The van der Waals surface area contributed by atoms with Crippen molar-refractivity contribution in [1.82, 2.24) is 10.6 Å². The van der Waals surface area contributed by atoms with Crippen LogP contribution in [0.2, 0.25) is 0 Å². The maximum absolute atomic E-state index is 12.7. The van der Waals surface area contributed by atoms with Crippen LogP contribution in [0.15, 0.2) is 54.6 Å². The molecular weight excluding hydrogens is 386 g/mol. The van der Waals surface area contributed by atoms with Crippen molar-refractivity contribution in [3.05, 3.63) is 71.3 Å². The maximum Gasteiger partial charge on any atom is 0.251 e. The van der Waals surface area contributed by atoms with Gasteiger partial charge in [0.25, 0.3) is 5.91 Å². The quantitative estimate of drug-likeness (QED) is 0.578. The number of rotatable bonds is 9. The predicted molar refractivity (Wildman–Crippen MR) is 120 cm³/mol. The highest BCUT2D eigenvalue weighted by molar-refractivity contribution is 5.94. The first-order valence-electron chi connectivity index (χ1n) is 9.85. The van der Waals surface area contributed by atoms with E-state index in [2.05, 4.69) is 10.6 Å². The molecule has 2 amide bonds. The minimum atomic E-state index is -0.412. The molecule has 0 aliphatic heterocycles. The maximum atomic E-state index is 12.7. The highest BCUT2D eigenvalue weighted by Crippen LogP contribution is 2.18. The number of hydrogen-bond donors (Lipinski definition) is 3. The minimum Gasteiger partial charge on any atom is -0.354 e. The van der Waals surface area contributed by atoms with E-state index in [1.807, 2.05) is 63.2 Å². The average Bonchev–Trinajstić information content (AvgIpc) is 2.72. The van der Waals surface area contributed by atoms with E-state index in [1.54, 1.807) is 12.1 Å². The van der Waals surface area contributed by atoms with Crippen molar-refractivity contribution in [3.63, 3.8) is 0 Å². The summed E-state index contributed by atoms with van der Waals surface area (Å²) in [5.74, 6) is -0.327. The summed E-state index contributed by atoms with van der Waals surface area (Å²) in [6.07, 6.45) is 1.73. The third kappa shape index (κ3) is 7.52. The molecule has 0 fully saturated rings. The number of aryl methyl sites for hydroxylation is 1. The lowest BCUT2D eigenvalue weighted by molar-refractivity contribution is -0.121. The molecule has 1 atom stereocenters. The third-order valence-electron chi connectivity index (χ3n) is 5.26. The third-order valence-corrected chi connectivity index (χ3v) is 5.26. The summed E-state index contributed by atoms with van der Waals surface area (Å²) in [7, 11) is 0. The Morgan fingerprint density at radius 1 is 1.00 bits per heavy atom. The number of amides is 2. The topological polar surface area (TPSA) is 84.2 Å². The Hall–Kier alpha value is -2.37. The van der Waals surface area contributed by atoms with Gasteiger partial charge in [-0.05, 0) is 37.5 Å². The lowest BCUT2D eigenvalue weighted by atomic mass is 9.94. The van der Waals surface area contributed by atoms with Gasteiger partial charge in [0.2, 0.25) is 5.91 Å². The van der Waals surface area contributed by atoms with Gasteiger partial charge in [0.1, 0.15) is 0 Å². The highest BCUT2D eigenvalue weighted by atomic mass is 35.5. The first kappa shape index (κ1) is 24.7. The van der Waals surface area contributed by atoms with E-state index in [0.717, 1.165) is 24.0 Å². The van der Waals surface area contributed by atoms with Crippen LogP contribution in [0.4, 0.5) is 0 Å². The summed E-state index contributed by atoms with van der Waals surface area (Å²) < 4.78 is 0. The fourth-order valence-corrected chi connectivity index (χ4v) is 2.92. The Morgan fingerprint density at radius 2 is 1.59 bits per heavy atom. The van der Waals surface area contributed by atoms with Gasteiger partial charge in [-0.3, -0.25) is 9.59 Å². The lowest BCUT2D eigenvalue weighted by Crippen LogP contribution is -2.49. The van der Waals surface area contributed by atoms with Crippen LogP contribution in [-0.4, -0.2) is 23.9 Å².